The predicted octanol–water partition coefficient (Wildman–Crippen LogP) is -3.75. The summed E-state index contributed by atoms with van der Waals surface area (Å²) in [5.41, 5.74) is 0.904. The molecule has 19 atom stereocenters. The van der Waals surface area contributed by atoms with Crippen molar-refractivity contribution in [2.75, 3.05) is 19.8 Å². The van der Waals surface area contributed by atoms with Crippen molar-refractivity contribution in [3.63, 3.8) is 0 Å². The molecule has 0 unspecified atom stereocenters. The van der Waals surface area contributed by atoms with Gasteiger partial charge >= 0.3 is 11.9 Å². The third kappa shape index (κ3) is 11.3. The van der Waals surface area contributed by atoms with Crippen molar-refractivity contribution in [1.29, 1.82) is 0 Å². The second-order valence-electron chi connectivity index (χ2n) is 15.8. The lowest BCUT2D eigenvalue weighted by Gasteiger charge is -2.49. The number of rotatable bonds is 15. The summed E-state index contributed by atoms with van der Waals surface area (Å²) in [4.78, 5) is 26.3. The van der Waals surface area contributed by atoms with Crippen molar-refractivity contribution in [1.82, 2.24) is 0 Å². The van der Waals surface area contributed by atoms with Gasteiger partial charge in [-0.15, -0.1) is 0 Å². The van der Waals surface area contributed by atoms with E-state index in [0.29, 0.717) is 11.1 Å². The first-order valence-electron chi connectivity index (χ1n) is 20.5. The number of ether oxygens (including phenoxy) is 9. The molecule has 65 heavy (non-hydrogen) atoms. The Bertz CT molecular complexity index is 1930. The van der Waals surface area contributed by atoms with E-state index in [9.17, 15) is 70.9 Å². The Morgan fingerprint density at radius 2 is 1.08 bits per heavy atom. The van der Waals surface area contributed by atoms with Crippen LogP contribution in [0.2, 0.25) is 0 Å². The summed E-state index contributed by atoms with van der Waals surface area (Å²) < 4.78 is 51.6. The van der Waals surface area contributed by atoms with E-state index in [1.165, 1.54) is 74.5 Å². The number of carbonyl (C=O) groups is 2. The third-order valence-corrected chi connectivity index (χ3v) is 11.3. The van der Waals surface area contributed by atoms with Gasteiger partial charge < -0.3 is 104 Å². The van der Waals surface area contributed by atoms with Gasteiger partial charge in [-0.05, 0) is 61.4 Å². The molecule has 23 heteroatoms. The molecule has 23 nitrogen and oxygen atoms in total. The van der Waals surface area contributed by atoms with Crippen molar-refractivity contribution < 1.29 is 113 Å². The highest BCUT2D eigenvalue weighted by molar-refractivity contribution is 5.87. The van der Waals surface area contributed by atoms with Crippen molar-refractivity contribution >= 4 is 24.1 Å². The molecule has 2 aromatic rings. The van der Waals surface area contributed by atoms with Gasteiger partial charge in [0.05, 0.1) is 25.4 Å². The van der Waals surface area contributed by atoms with Gasteiger partial charge in [0, 0.05) is 12.2 Å². The number of esters is 2. The monoisotopic (exact) mass is 926 g/mol. The van der Waals surface area contributed by atoms with Gasteiger partial charge in [0.1, 0.15) is 85.2 Å². The fourth-order valence-corrected chi connectivity index (χ4v) is 7.62. The highest BCUT2D eigenvalue weighted by Crippen LogP contribution is 2.40. The number of aliphatic hydroxyl groups is 10. The van der Waals surface area contributed by atoms with Crippen LogP contribution in [0.1, 0.15) is 25.0 Å². The highest BCUT2D eigenvalue weighted by Gasteiger charge is 2.62. The van der Waals surface area contributed by atoms with E-state index in [1.807, 2.05) is 0 Å². The fraction of sp³-hybridized carbons (Fsp3) is 0.571. The molecule has 0 radical (unpaired) electrons. The van der Waals surface area contributed by atoms with Gasteiger partial charge in [0.25, 0.3) is 0 Å². The fourth-order valence-electron chi connectivity index (χ4n) is 7.62. The molecule has 4 heterocycles. The number of aliphatic hydroxyl groups excluding tert-OH is 10. The topological polar surface area (TPSA) is 360 Å². The van der Waals surface area contributed by atoms with Crippen LogP contribution in [0.15, 0.2) is 60.7 Å². The minimum absolute atomic E-state index is 0.0366. The van der Waals surface area contributed by atoms with E-state index >= 15 is 0 Å². The number of phenolic OH excluding ortho intramolecular Hbond substituents is 2. The largest absolute Gasteiger partial charge is 0.508 e. The zero-order chi connectivity index (χ0) is 47.3. The van der Waals surface area contributed by atoms with Crippen LogP contribution in [0, 0.1) is 0 Å². The Morgan fingerprint density at radius 1 is 0.569 bits per heavy atom. The molecule has 4 fully saturated rings. The normalized spacial score (nSPS) is 40.0. The van der Waals surface area contributed by atoms with Crippen LogP contribution < -0.4 is 0 Å². The summed E-state index contributed by atoms with van der Waals surface area (Å²) in [6.45, 7) is -0.359. The van der Waals surface area contributed by atoms with E-state index in [2.05, 4.69) is 0 Å². The lowest BCUT2D eigenvalue weighted by atomic mass is 9.96. The Hall–Kier alpha value is -4.22. The average molecular weight is 927 g/mol. The molecule has 4 saturated heterocycles. The Morgan fingerprint density at radius 3 is 1.62 bits per heavy atom. The first-order valence-corrected chi connectivity index (χ1v) is 20.5. The van der Waals surface area contributed by atoms with E-state index in [0.717, 1.165) is 12.2 Å². The first kappa shape index (κ1) is 50.2. The lowest BCUT2D eigenvalue weighted by molar-refractivity contribution is -0.402. The minimum atomic E-state index is -2.62. The van der Waals surface area contributed by atoms with Crippen LogP contribution in [0.5, 0.6) is 11.5 Å². The second kappa shape index (κ2) is 21.6. The molecule has 0 saturated carbocycles. The number of hydrogen-bond acceptors (Lipinski definition) is 23. The summed E-state index contributed by atoms with van der Waals surface area (Å²) in [5.74, 6) is -4.89. The summed E-state index contributed by atoms with van der Waals surface area (Å²) >= 11 is 0. The summed E-state index contributed by atoms with van der Waals surface area (Å²) in [6, 6.07) is 11.3. The smallest absolute Gasteiger partial charge is 0.331 e. The molecule has 4 aliphatic heterocycles. The number of benzene rings is 2. The van der Waals surface area contributed by atoms with Gasteiger partial charge in [0.2, 0.25) is 5.79 Å². The summed E-state index contributed by atoms with van der Waals surface area (Å²) in [6.07, 6.45) is -26.8. The molecule has 12 N–H and O–H groups in total. The Balaban J connectivity index is 1.26. The standard InChI is InChI=1S/C42H54O23/c1-18-28(50)30(52)32(54)39(57-18)62-35-19(2)58-40(33(55)31(35)53)63-37-34(56)41(59-25(16-44)36(37)60-26(48)13-7-20-3-9-22(46)10-4-20)65-42(17-45)38(29(51)24(15-43)64-42)61-27(49)14-8-21-5-11-23(47)12-6-21/h3-14,18-19,24-25,28-41,43-47,50-56H,15-17H2,1-2H3/b13-7+,14-8+/t18-,19-,24+,25+,28-,29+,30+,31-,32+,33+,34+,35-,36+,37+,38-,39-,40-,41+,42-/m0/s1. The SMILES string of the molecule is C[C@@H]1O[C@@H](O[C@@H]2[C@@H](O)[C@@H](O)[C@H](O[C@@H]3[C@@H](O)[C@@H](O[C@]4(CO)O[C@H](CO)[C@@H](O)[C@@H]4OC(=O)/C=C/c4ccc(O)cc4)O[C@H](CO)[C@H]3OC(=O)/C=C/c3ccc(O)cc3)O[C@H]2C)[C@H](O)[C@H](O)[C@H]1O. The van der Waals surface area contributed by atoms with Crippen LogP contribution in [0.25, 0.3) is 12.2 Å². The number of carbonyl (C=O) groups excluding carboxylic acids is 2. The molecule has 0 aliphatic carbocycles. The predicted molar refractivity (Wildman–Crippen MR) is 213 cm³/mol. The van der Waals surface area contributed by atoms with Crippen molar-refractivity contribution in [2.24, 2.45) is 0 Å². The van der Waals surface area contributed by atoms with Gasteiger partial charge in [-0.1, -0.05) is 24.3 Å². The van der Waals surface area contributed by atoms with Crippen LogP contribution in [0.3, 0.4) is 0 Å². The Kier molecular flexibility index (Phi) is 16.7. The average Bonchev–Trinajstić information content (AvgIpc) is 3.55. The van der Waals surface area contributed by atoms with Crippen LogP contribution in [0.4, 0.5) is 0 Å². The molecular weight excluding hydrogens is 872 g/mol. The molecule has 0 spiro atoms. The van der Waals surface area contributed by atoms with Gasteiger partial charge in [0.15, 0.2) is 31.1 Å². The molecule has 6 rings (SSSR count). The van der Waals surface area contributed by atoms with Crippen LogP contribution in [-0.2, 0) is 52.2 Å². The molecule has 0 amide bonds. The lowest BCUT2D eigenvalue weighted by Crippen LogP contribution is -2.67. The van der Waals surface area contributed by atoms with E-state index < -0.39 is 148 Å². The molecule has 0 aromatic heterocycles. The zero-order valence-corrected chi connectivity index (χ0v) is 34.8. The maximum atomic E-state index is 13.3. The molecular formula is C42H54O23. The number of aromatic hydroxyl groups is 2. The van der Waals surface area contributed by atoms with Crippen molar-refractivity contribution in [2.45, 2.75) is 130 Å². The maximum absolute atomic E-state index is 13.3. The van der Waals surface area contributed by atoms with Crippen LogP contribution >= 0.6 is 0 Å². The summed E-state index contributed by atoms with van der Waals surface area (Å²) in [7, 11) is 0. The van der Waals surface area contributed by atoms with Gasteiger partial charge in [-0.25, -0.2) is 9.59 Å². The minimum Gasteiger partial charge on any atom is -0.508 e. The molecule has 2 aromatic carbocycles. The van der Waals surface area contributed by atoms with Crippen molar-refractivity contribution in [3.8, 4) is 11.5 Å². The van der Waals surface area contributed by atoms with Gasteiger partial charge in [-0.2, -0.15) is 0 Å². The number of phenols is 2. The van der Waals surface area contributed by atoms with E-state index in [-0.39, 0.29) is 11.5 Å². The Labute approximate surface area is 370 Å². The van der Waals surface area contributed by atoms with Gasteiger partial charge in [-0.3, -0.25) is 0 Å². The molecule has 0 bridgehead atoms. The van der Waals surface area contributed by atoms with Crippen LogP contribution in [-0.4, -0.2) is 209 Å². The van der Waals surface area contributed by atoms with E-state index in [1.54, 1.807) is 0 Å². The number of hydrogen-bond donors (Lipinski definition) is 12. The summed E-state index contributed by atoms with van der Waals surface area (Å²) in [5, 5.41) is 127. The molecule has 360 valence electrons. The zero-order valence-electron chi connectivity index (χ0n) is 34.8. The molecule has 4 aliphatic rings. The maximum Gasteiger partial charge on any atom is 0.331 e. The van der Waals surface area contributed by atoms with E-state index in [4.69, 9.17) is 42.6 Å². The highest BCUT2D eigenvalue weighted by atomic mass is 16.8. The second-order valence-corrected chi connectivity index (χ2v) is 15.8. The van der Waals surface area contributed by atoms with Crippen molar-refractivity contribution in [3.05, 3.63) is 71.8 Å². The third-order valence-electron chi connectivity index (χ3n) is 11.3. The first-order chi connectivity index (χ1) is 30.9. The quantitative estimate of drug-likeness (QED) is 0.0603.